The molecule has 1 aliphatic rings. The van der Waals surface area contributed by atoms with Gasteiger partial charge < -0.3 is 9.88 Å². The zero-order valence-electron chi connectivity index (χ0n) is 12.7. The molecular weight excluding hydrogens is 306 g/mol. The van der Waals surface area contributed by atoms with Gasteiger partial charge in [-0.25, -0.2) is 8.78 Å². The lowest BCUT2D eigenvalue weighted by atomic mass is 9.98. The average molecular weight is 324 g/mol. The van der Waals surface area contributed by atoms with E-state index in [1.165, 1.54) is 4.57 Å². The molecule has 0 radical (unpaired) electrons. The van der Waals surface area contributed by atoms with Crippen LogP contribution in [0.1, 0.15) is 37.8 Å². The highest BCUT2D eigenvalue weighted by Gasteiger charge is 2.30. The third-order valence-corrected chi connectivity index (χ3v) is 3.89. The zero-order chi connectivity index (χ0) is 16.4. The van der Waals surface area contributed by atoms with Crippen molar-refractivity contribution in [2.75, 3.05) is 5.32 Å². The molecule has 2 aromatic rings. The molecule has 0 bridgehead atoms. The number of carbonyl (C=O) groups excluding carboxylic acids is 1. The average Bonchev–Trinajstić information content (AvgIpc) is 3.13. The second-order valence-electron chi connectivity index (χ2n) is 5.60. The van der Waals surface area contributed by atoms with Crippen LogP contribution < -0.4 is 5.32 Å². The van der Waals surface area contributed by atoms with E-state index in [9.17, 15) is 13.6 Å². The third kappa shape index (κ3) is 3.22. The maximum absolute atomic E-state index is 12.9. The molecule has 9 heteroatoms. The molecule has 1 unspecified atom stereocenters. The SMILES string of the molecule is CCCn1cc(NC(=O)C2CCc3nnc(C(F)F)n3C2)cn1. The Morgan fingerprint density at radius 2 is 2.30 bits per heavy atom. The fourth-order valence-electron chi connectivity index (χ4n) is 2.75. The first kappa shape index (κ1) is 15.6. The molecule has 1 atom stereocenters. The van der Waals surface area contributed by atoms with Gasteiger partial charge in [-0.15, -0.1) is 10.2 Å². The second-order valence-corrected chi connectivity index (χ2v) is 5.60. The van der Waals surface area contributed by atoms with Crippen LogP contribution in [0, 0.1) is 5.92 Å². The van der Waals surface area contributed by atoms with Crippen LogP contribution in [0.15, 0.2) is 12.4 Å². The van der Waals surface area contributed by atoms with Gasteiger partial charge in [-0.2, -0.15) is 5.10 Å². The molecule has 3 rings (SSSR count). The van der Waals surface area contributed by atoms with Crippen molar-refractivity contribution in [3.8, 4) is 0 Å². The highest BCUT2D eigenvalue weighted by atomic mass is 19.3. The number of aryl methyl sites for hydroxylation is 2. The molecule has 1 aliphatic heterocycles. The van der Waals surface area contributed by atoms with Crippen LogP contribution >= 0.6 is 0 Å². The number of anilines is 1. The molecule has 0 aliphatic carbocycles. The van der Waals surface area contributed by atoms with Crippen LogP contribution in [0.3, 0.4) is 0 Å². The Morgan fingerprint density at radius 3 is 3.04 bits per heavy atom. The maximum atomic E-state index is 12.9. The minimum atomic E-state index is -2.69. The fraction of sp³-hybridized carbons (Fsp3) is 0.571. The number of aromatic nitrogens is 5. The number of rotatable bonds is 5. The van der Waals surface area contributed by atoms with Crippen LogP contribution in [0.4, 0.5) is 14.5 Å². The van der Waals surface area contributed by atoms with Gasteiger partial charge in [0.05, 0.1) is 17.8 Å². The second kappa shape index (κ2) is 6.43. The topological polar surface area (TPSA) is 77.6 Å². The molecule has 7 nitrogen and oxygen atoms in total. The van der Waals surface area contributed by atoms with E-state index in [0.29, 0.717) is 24.4 Å². The van der Waals surface area contributed by atoms with Crippen LogP contribution in [0.25, 0.3) is 0 Å². The number of hydrogen-bond donors (Lipinski definition) is 1. The van der Waals surface area contributed by atoms with Crippen molar-refractivity contribution in [1.82, 2.24) is 24.5 Å². The standard InChI is InChI=1S/C14H18F2N6O/c1-2-5-21-8-10(6-17-21)18-14(23)9-3-4-11-19-20-13(12(15)16)22(11)7-9/h6,8-9,12H,2-5,7H2,1H3,(H,18,23). The Balaban J connectivity index is 1.67. The van der Waals surface area contributed by atoms with E-state index in [1.807, 2.05) is 6.92 Å². The third-order valence-electron chi connectivity index (χ3n) is 3.89. The summed E-state index contributed by atoms with van der Waals surface area (Å²) in [4.78, 5) is 12.4. The molecule has 0 saturated heterocycles. The molecule has 0 saturated carbocycles. The monoisotopic (exact) mass is 324 g/mol. The van der Waals surface area contributed by atoms with E-state index >= 15 is 0 Å². The quantitative estimate of drug-likeness (QED) is 0.913. The lowest BCUT2D eigenvalue weighted by molar-refractivity contribution is -0.120. The van der Waals surface area contributed by atoms with Crippen LogP contribution in [-0.2, 0) is 24.3 Å². The molecule has 23 heavy (non-hydrogen) atoms. The smallest absolute Gasteiger partial charge is 0.297 e. The Hall–Kier alpha value is -2.32. The summed E-state index contributed by atoms with van der Waals surface area (Å²) in [6, 6.07) is 0. The molecule has 0 spiro atoms. The van der Waals surface area contributed by atoms with Crippen molar-refractivity contribution in [2.24, 2.45) is 5.92 Å². The van der Waals surface area contributed by atoms with E-state index in [1.54, 1.807) is 17.1 Å². The number of nitrogens with one attached hydrogen (secondary N) is 1. The van der Waals surface area contributed by atoms with Gasteiger partial charge in [0.2, 0.25) is 5.91 Å². The van der Waals surface area contributed by atoms with E-state index in [-0.39, 0.29) is 24.2 Å². The van der Waals surface area contributed by atoms with Crippen molar-refractivity contribution in [2.45, 2.75) is 45.7 Å². The molecule has 2 aromatic heterocycles. The van der Waals surface area contributed by atoms with Crippen molar-refractivity contribution in [3.63, 3.8) is 0 Å². The summed E-state index contributed by atoms with van der Waals surface area (Å²) < 4.78 is 28.9. The summed E-state index contributed by atoms with van der Waals surface area (Å²) in [6.07, 6.45) is 2.64. The van der Waals surface area contributed by atoms with Gasteiger partial charge in [-0.1, -0.05) is 6.92 Å². The molecule has 0 aromatic carbocycles. The van der Waals surface area contributed by atoms with Crippen molar-refractivity contribution >= 4 is 11.6 Å². The molecular formula is C14H18F2N6O. The Kier molecular flexibility index (Phi) is 4.35. The fourth-order valence-corrected chi connectivity index (χ4v) is 2.75. The number of amides is 1. The van der Waals surface area contributed by atoms with E-state index in [4.69, 9.17) is 0 Å². The lowest BCUT2D eigenvalue weighted by Gasteiger charge is -2.23. The predicted octanol–water partition coefficient (Wildman–Crippen LogP) is 2.02. The first-order valence-corrected chi connectivity index (χ1v) is 7.62. The van der Waals surface area contributed by atoms with Crippen LogP contribution in [0.5, 0.6) is 0 Å². The summed E-state index contributed by atoms with van der Waals surface area (Å²) in [5.41, 5.74) is 0.618. The minimum absolute atomic E-state index is 0.178. The van der Waals surface area contributed by atoms with Gasteiger partial charge in [0.25, 0.3) is 6.43 Å². The number of carbonyl (C=O) groups is 1. The van der Waals surface area contributed by atoms with Crippen LogP contribution in [0.2, 0.25) is 0 Å². The number of halogens is 2. The number of fused-ring (bicyclic) bond motifs is 1. The van der Waals surface area contributed by atoms with Gasteiger partial charge in [-0.3, -0.25) is 9.48 Å². The van der Waals surface area contributed by atoms with E-state index in [2.05, 4.69) is 20.6 Å². The minimum Gasteiger partial charge on any atom is -0.323 e. The first-order chi connectivity index (χ1) is 11.1. The van der Waals surface area contributed by atoms with E-state index in [0.717, 1.165) is 13.0 Å². The van der Waals surface area contributed by atoms with Crippen molar-refractivity contribution < 1.29 is 13.6 Å². The summed E-state index contributed by atoms with van der Waals surface area (Å²) in [7, 11) is 0. The van der Waals surface area contributed by atoms with Crippen molar-refractivity contribution in [3.05, 3.63) is 24.0 Å². The molecule has 1 N–H and O–H groups in total. The largest absolute Gasteiger partial charge is 0.323 e. The normalized spacial score (nSPS) is 17.3. The summed E-state index contributed by atoms with van der Waals surface area (Å²) in [5, 5.41) is 14.2. The maximum Gasteiger partial charge on any atom is 0.297 e. The highest BCUT2D eigenvalue weighted by Crippen LogP contribution is 2.25. The Bertz CT molecular complexity index is 695. The Morgan fingerprint density at radius 1 is 1.48 bits per heavy atom. The first-order valence-electron chi connectivity index (χ1n) is 7.62. The summed E-state index contributed by atoms with van der Waals surface area (Å²) in [6.45, 7) is 3.00. The zero-order valence-corrected chi connectivity index (χ0v) is 12.7. The van der Waals surface area contributed by atoms with E-state index < -0.39 is 6.43 Å². The molecule has 3 heterocycles. The molecule has 124 valence electrons. The number of nitrogens with zero attached hydrogens (tertiary/aromatic N) is 5. The predicted molar refractivity (Wildman–Crippen MR) is 77.9 cm³/mol. The van der Waals surface area contributed by atoms with Gasteiger partial charge in [0.15, 0.2) is 5.82 Å². The molecule has 1 amide bonds. The van der Waals surface area contributed by atoms with Gasteiger partial charge >= 0.3 is 0 Å². The summed E-state index contributed by atoms with van der Waals surface area (Å²) in [5.74, 6) is -0.431. The van der Waals surface area contributed by atoms with Gasteiger partial charge in [-0.05, 0) is 12.8 Å². The lowest BCUT2D eigenvalue weighted by Crippen LogP contribution is -2.32. The van der Waals surface area contributed by atoms with Gasteiger partial charge in [0.1, 0.15) is 5.82 Å². The van der Waals surface area contributed by atoms with Crippen LogP contribution in [-0.4, -0.2) is 30.5 Å². The number of hydrogen-bond acceptors (Lipinski definition) is 4. The molecule has 0 fully saturated rings. The number of alkyl halides is 2. The van der Waals surface area contributed by atoms with Gasteiger partial charge in [0, 0.05) is 25.7 Å². The highest BCUT2D eigenvalue weighted by molar-refractivity contribution is 5.92. The van der Waals surface area contributed by atoms with Crippen molar-refractivity contribution in [1.29, 1.82) is 0 Å². The summed E-state index contributed by atoms with van der Waals surface area (Å²) >= 11 is 0. The Labute approximate surface area is 131 Å².